The van der Waals surface area contributed by atoms with Crippen LogP contribution in [0.2, 0.25) is 0 Å². The maximum atomic E-state index is 12.0. The van der Waals surface area contributed by atoms with Gasteiger partial charge in [-0.25, -0.2) is 4.79 Å². The van der Waals surface area contributed by atoms with Crippen molar-refractivity contribution >= 4 is 12.1 Å². The van der Waals surface area contributed by atoms with Crippen molar-refractivity contribution in [3.8, 4) is 0 Å². The molecule has 1 rings (SSSR count). The number of ether oxygens (including phenoxy) is 1. The van der Waals surface area contributed by atoms with Crippen molar-refractivity contribution < 1.29 is 14.1 Å². The summed E-state index contributed by atoms with van der Waals surface area (Å²) >= 11 is 0. The maximum Gasteiger partial charge on any atom is 0.407 e. The highest BCUT2D eigenvalue weighted by Gasteiger charge is 2.19. The van der Waals surface area contributed by atoms with Crippen LogP contribution < -0.4 is 16.0 Å². The van der Waals surface area contributed by atoms with Gasteiger partial charge in [-0.05, 0) is 48.0 Å². The molecule has 0 bridgehead atoms. The van der Waals surface area contributed by atoms with E-state index in [0.717, 1.165) is 48.8 Å². The van der Waals surface area contributed by atoms with Gasteiger partial charge in [0.1, 0.15) is 11.4 Å². The summed E-state index contributed by atoms with van der Waals surface area (Å²) in [7, 11) is 0. The molecule has 1 amide bonds. The van der Waals surface area contributed by atoms with Crippen LogP contribution >= 0.6 is 0 Å². The number of nitrogens with zero attached hydrogens (tertiary/aromatic N) is 2. The molecule has 0 aliphatic heterocycles. The first-order valence-corrected chi connectivity index (χ1v) is 11.0. The Hall–Kier alpha value is -2.25. The van der Waals surface area contributed by atoms with Crippen LogP contribution in [0, 0.1) is 13.8 Å². The molecular weight excluding hydrogens is 382 g/mol. The zero-order valence-electron chi connectivity index (χ0n) is 20.0. The number of unbranched alkanes of at least 4 members (excludes halogenated alkanes) is 1. The molecule has 0 aromatic carbocycles. The number of aliphatic imine (C=N–C) groups is 1. The summed E-state index contributed by atoms with van der Waals surface area (Å²) in [5, 5.41) is 13.7. The third kappa shape index (κ3) is 9.50. The van der Waals surface area contributed by atoms with Gasteiger partial charge in [0, 0.05) is 37.2 Å². The summed E-state index contributed by atoms with van der Waals surface area (Å²) < 4.78 is 10.6. The van der Waals surface area contributed by atoms with E-state index in [0.29, 0.717) is 13.1 Å². The lowest BCUT2D eigenvalue weighted by atomic mass is 10.00. The normalized spacial score (nSPS) is 14.2. The Balaban J connectivity index is 2.77. The topological polar surface area (TPSA) is 101 Å². The number of amides is 1. The number of alkyl carbamates (subject to hydrolysis) is 1. The Kier molecular flexibility index (Phi) is 10.7. The summed E-state index contributed by atoms with van der Waals surface area (Å²) in [6.45, 7) is 17.6. The molecule has 8 nitrogen and oxygen atoms in total. The quantitative estimate of drug-likeness (QED) is 0.388. The first-order chi connectivity index (χ1) is 14.1. The van der Waals surface area contributed by atoms with Crippen LogP contribution in [0.3, 0.4) is 0 Å². The number of aryl methyl sites for hydroxylation is 2. The van der Waals surface area contributed by atoms with Gasteiger partial charge in [-0.15, -0.1) is 0 Å². The van der Waals surface area contributed by atoms with Crippen molar-refractivity contribution in [2.75, 3.05) is 19.6 Å². The molecule has 1 heterocycles. The molecule has 0 aliphatic rings. The van der Waals surface area contributed by atoms with E-state index in [2.05, 4.69) is 35.0 Å². The number of hydrogen-bond acceptors (Lipinski definition) is 5. The number of aromatic nitrogens is 1. The summed E-state index contributed by atoms with van der Waals surface area (Å²) in [6.07, 6.45) is 2.67. The average molecular weight is 424 g/mol. The molecule has 30 heavy (non-hydrogen) atoms. The highest BCUT2D eigenvalue weighted by molar-refractivity contribution is 5.80. The number of carbonyl (C=O) groups is 1. The number of nitrogens with one attached hydrogen (secondary N) is 3. The molecule has 1 aromatic heterocycles. The van der Waals surface area contributed by atoms with Gasteiger partial charge in [-0.1, -0.05) is 31.8 Å². The van der Waals surface area contributed by atoms with Gasteiger partial charge in [-0.2, -0.15) is 0 Å². The second-order valence-electron chi connectivity index (χ2n) is 8.72. The number of rotatable bonds is 10. The standard InChI is InChI=1S/C22H41N5O3/c1-9-11-12-18(14-25-21(28)29-22(6,7)8)26-20(23-10-2)24-13-15(3)19-16(4)27-30-17(19)5/h15,18H,9-14H2,1-8H3,(H,25,28)(H2,23,24,26). The Bertz CT molecular complexity index is 659. The van der Waals surface area contributed by atoms with Crippen LogP contribution in [-0.2, 0) is 4.74 Å². The molecule has 0 aliphatic carbocycles. The smallest absolute Gasteiger partial charge is 0.407 e. The fourth-order valence-electron chi connectivity index (χ4n) is 3.22. The molecule has 172 valence electrons. The number of guanidine groups is 1. The van der Waals surface area contributed by atoms with E-state index in [-0.39, 0.29) is 12.0 Å². The van der Waals surface area contributed by atoms with Gasteiger partial charge in [0.05, 0.1) is 5.69 Å². The van der Waals surface area contributed by atoms with E-state index >= 15 is 0 Å². The van der Waals surface area contributed by atoms with Crippen molar-refractivity contribution in [1.29, 1.82) is 0 Å². The van der Waals surface area contributed by atoms with E-state index in [1.807, 2.05) is 41.5 Å². The Morgan fingerprint density at radius 3 is 2.47 bits per heavy atom. The van der Waals surface area contributed by atoms with Gasteiger partial charge in [0.2, 0.25) is 0 Å². The lowest BCUT2D eigenvalue weighted by molar-refractivity contribution is 0.0522. The van der Waals surface area contributed by atoms with Gasteiger partial charge in [0.25, 0.3) is 0 Å². The maximum absolute atomic E-state index is 12.0. The fraction of sp³-hybridized carbons (Fsp3) is 0.773. The van der Waals surface area contributed by atoms with E-state index in [1.54, 1.807) is 0 Å². The van der Waals surface area contributed by atoms with Crippen LogP contribution in [0.15, 0.2) is 9.52 Å². The SMILES string of the molecule is CCCCC(CNC(=O)OC(C)(C)C)NC(=NCC(C)c1c(C)noc1C)NCC. The molecular formula is C22H41N5O3. The van der Waals surface area contributed by atoms with Crippen molar-refractivity contribution in [1.82, 2.24) is 21.1 Å². The molecule has 2 unspecified atom stereocenters. The Morgan fingerprint density at radius 1 is 1.23 bits per heavy atom. The van der Waals surface area contributed by atoms with Crippen LogP contribution in [0.4, 0.5) is 4.79 Å². The number of hydrogen-bond donors (Lipinski definition) is 3. The highest BCUT2D eigenvalue weighted by atomic mass is 16.6. The summed E-state index contributed by atoms with van der Waals surface area (Å²) in [4.78, 5) is 16.8. The summed E-state index contributed by atoms with van der Waals surface area (Å²) in [6, 6.07) is 0.0599. The van der Waals surface area contributed by atoms with Crippen molar-refractivity contribution in [2.24, 2.45) is 4.99 Å². The first kappa shape index (κ1) is 25.8. The third-order valence-electron chi connectivity index (χ3n) is 4.59. The molecule has 1 aromatic rings. The number of carbonyl (C=O) groups excluding carboxylic acids is 1. The Morgan fingerprint density at radius 2 is 1.93 bits per heavy atom. The first-order valence-electron chi connectivity index (χ1n) is 11.0. The third-order valence-corrected chi connectivity index (χ3v) is 4.59. The molecule has 0 saturated carbocycles. The van der Waals surface area contributed by atoms with Crippen LogP contribution in [-0.4, -0.2) is 48.5 Å². The van der Waals surface area contributed by atoms with Crippen molar-refractivity contribution in [3.63, 3.8) is 0 Å². The summed E-state index contributed by atoms with van der Waals surface area (Å²) in [5.74, 6) is 1.78. The van der Waals surface area contributed by atoms with Crippen molar-refractivity contribution in [3.05, 3.63) is 17.0 Å². The molecule has 0 radical (unpaired) electrons. The second kappa shape index (κ2) is 12.4. The lowest BCUT2D eigenvalue weighted by Gasteiger charge is -2.24. The molecule has 0 spiro atoms. The molecule has 8 heteroatoms. The van der Waals surface area contributed by atoms with Gasteiger partial charge in [-0.3, -0.25) is 4.99 Å². The van der Waals surface area contributed by atoms with E-state index in [9.17, 15) is 4.79 Å². The van der Waals surface area contributed by atoms with E-state index in [1.165, 1.54) is 0 Å². The monoisotopic (exact) mass is 423 g/mol. The Labute approximate surface area is 181 Å². The molecule has 3 N–H and O–H groups in total. The van der Waals surface area contributed by atoms with Crippen LogP contribution in [0.5, 0.6) is 0 Å². The van der Waals surface area contributed by atoms with E-state index in [4.69, 9.17) is 14.3 Å². The minimum Gasteiger partial charge on any atom is -0.444 e. The summed E-state index contributed by atoms with van der Waals surface area (Å²) in [5.41, 5.74) is 1.51. The predicted molar refractivity (Wildman–Crippen MR) is 121 cm³/mol. The van der Waals surface area contributed by atoms with E-state index < -0.39 is 11.7 Å². The van der Waals surface area contributed by atoms with Gasteiger partial charge < -0.3 is 25.2 Å². The predicted octanol–water partition coefficient (Wildman–Crippen LogP) is 4.03. The molecule has 2 atom stereocenters. The van der Waals surface area contributed by atoms with Crippen LogP contribution in [0.25, 0.3) is 0 Å². The van der Waals surface area contributed by atoms with Gasteiger partial charge >= 0.3 is 6.09 Å². The second-order valence-corrected chi connectivity index (χ2v) is 8.72. The zero-order valence-corrected chi connectivity index (χ0v) is 20.0. The van der Waals surface area contributed by atoms with Gasteiger partial charge in [0.15, 0.2) is 5.96 Å². The largest absolute Gasteiger partial charge is 0.444 e. The fourth-order valence-corrected chi connectivity index (χ4v) is 3.22. The van der Waals surface area contributed by atoms with Crippen LogP contribution in [0.1, 0.15) is 83.7 Å². The molecule has 0 fully saturated rings. The molecule has 0 saturated heterocycles. The minimum absolute atomic E-state index is 0.0599. The lowest BCUT2D eigenvalue weighted by Crippen LogP contribution is -2.49. The average Bonchev–Trinajstić information content (AvgIpc) is 2.98. The van der Waals surface area contributed by atoms with Crippen molar-refractivity contribution in [2.45, 2.75) is 92.2 Å². The zero-order chi connectivity index (χ0) is 22.7. The highest BCUT2D eigenvalue weighted by Crippen LogP contribution is 2.23. The minimum atomic E-state index is -0.513.